The van der Waals surface area contributed by atoms with Crippen molar-refractivity contribution in [2.75, 3.05) is 6.54 Å². The molecule has 33 heavy (non-hydrogen) atoms. The molecule has 13 heteroatoms. The lowest BCUT2D eigenvalue weighted by molar-refractivity contribution is -0.652. The second-order valence-corrected chi connectivity index (χ2v) is 8.88. The van der Waals surface area contributed by atoms with E-state index in [0.29, 0.717) is 4.76 Å². The summed E-state index contributed by atoms with van der Waals surface area (Å²) in [5.41, 5.74) is 6.34. The van der Waals surface area contributed by atoms with E-state index < -0.39 is 60.8 Å². The number of alkyl halides is 4. The molecule has 0 bridgehead atoms. The monoisotopic (exact) mass is 474 g/mol. The Labute approximate surface area is 187 Å². The summed E-state index contributed by atoms with van der Waals surface area (Å²) in [5.74, 6) is -1.41. The van der Waals surface area contributed by atoms with Crippen LogP contribution in [0.5, 0.6) is 0 Å². The molecule has 3 heterocycles. The summed E-state index contributed by atoms with van der Waals surface area (Å²) in [6, 6.07) is -4.30. The van der Waals surface area contributed by atoms with Gasteiger partial charge in [-0.2, -0.15) is 18.4 Å². The highest BCUT2D eigenvalue weighted by atomic mass is 19.4. The summed E-state index contributed by atoms with van der Waals surface area (Å²) >= 11 is 0. The Hall–Kier alpha value is -2.91. The number of nitrogens with two attached hydrogens (primary N) is 1. The third-order valence-corrected chi connectivity index (χ3v) is 6.63. The van der Waals surface area contributed by atoms with Crippen LogP contribution in [0.4, 0.5) is 17.6 Å². The zero-order valence-electron chi connectivity index (χ0n) is 18.2. The number of amidine groups is 1. The van der Waals surface area contributed by atoms with Crippen molar-refractivity contribution in [1.82, 2.24) is 5.32 Å². The molecule has 3 aliphatic heterocycles. The minimum atomic E-state index is -4.69. The van der Waals surface area contributed by atoms with Crippen molar-refractivity contribution in [2.24, 2.45) is 16.6 Å². The number of amides is 1. The van der Waals surface area contributed by atoms with Gasteiger partial charge >= 0.3 is 6.18 Å². The number of carbonyl (C=O) groups is 1. The smallest absolute Gasteiger partial charge is 0.384 e. The van der Waals surface area contributed by atoms with Crippen molar-refractivity contribution in [3.63, 3.8) is 0 Å². The van der Waals surface area contributed by atoms with Gasteiger partial charge < -0.3 is 11.1 Å². The minimum absolute atomic E-state index is 0.00336. The molecule has 0 aromatic carbocycles. The van der Waals surface area contributed by atoms with Crippen LogP contribution in [0, 0.1) is 27.1 Å². The lowest BCUT2D eigenvalue weighted by Crippen LogP contribution is -2.55. The van der Waals surface area contributed by atoms with Crippen LogP contribution in [-0.4, -0.2) is 70.4 Å². The van der Waals surface area contributed by atoms with E-state index >= 15 is 0 Å². The fourth-order valence-electron chi connectivity index (χ4n) is 4.98. The molecular formula is C20H26F4N6O3+2. The van der Waals surface area contributed by atoms with Crippen LogP contribution in [0.1, 0.15) is 39.5 Å². The highest BCUT2D eigenvalue weighted by molar-refractivity contribution is 6.02. The minimum Gasteiger partial charge on any atom is -0.384 e. The first-order chi connectivity index (χ1) is 15.3. The molecule has 0 aliphatic carbocycles. The maximum Gasteiger partial charge on any atom is 0.455 e. The largest absolute Gasteiger partial charge is 0.455 e. The number of nitrogens with zero attached hydrogens (tertiary/aromatic N) is 4. The van der Waals surface area contributed by atoms with Gasteiger partial charge in [0.05, 0.1) is 18.5 Å². The number of aliphatic imine (C=N–C) groups is 1. The van der Waals surface area contributed by atoms with E-state index in [1.165, 1.54) is 13.8 Å². The lowest BCUT2D eigenvalue weighted by Gasteiger charge is -2.32. The van der Waals surface area contributed by atoms with Crippen molar-refractivity contribution >= 4 is 11.7 Å². The van der Waals surface area contributed by atoms with Crippen molar-refractivity contribution in [2.45, 2.75) is 82.1 Å². The Kier molecular flexibility index (Phi) is 6.85. The Morgan fingerprint density at radius 1 is 1.36 bits per heavy atom. The van der Waals surface area contributed by atoms with Gasteiger partial charge in [-0.25, -0.2) is 4.39 Å². The van der Waals surface area contributed by atoms with Crippen molar-refractivity contribution < 1.29 is 31.9 Å². The molecule has 1 amide bonds. The van der Waals surface area contributed by atoms with Gasteiger partial charge in [-0.3, -0.25) is 9.79 Å². The Bertz CT molecular complexity index is 956. The summed E-state index contributed by atoms with van der Waals surface area (Å²) in [5, 5.41) is 11.5. The second-order valence-electron chi connectivity index (χ2n) is 8.88. The number of hydrogen-bond acceptors (Lipinski definition) is 6. The first kappa shape index (κ1) is 24.7. The molecule has 2 fully saturated rings. The summed E-state index contributed by atoms with van der Waals surface area (Å²) in [6.07, 6.45) is -7.17. The zero-order valence-corrected chi connectivity index (χ0v) is 18.2. The summed E-state index contributed by atoms with van der Waals surface area (Å²) in [6.45, 7) is 2.74. The molecule has 3 rings (SSSR count). The molecule has 2 saturated heterocycles. The van der Waals surface area contributed by atoms with E-state index in [0.717, 1.165) is 0 Å². The van der Waals surface area contributed by atoms with Gasteiger partial charge in [-0.15, -0.1) is 0 Å². The molecule has 0 radical (unpaired) electrons. The standard InChI is InChI=1S/C20H25F4N6O3/c1-9-12(19(26)28-14-3-4-15(20(22,23)24)30(33)17(9)14)6-16(31)27-10(2)18-13(21)5-11(7-25)8-29(18)32/h10-11,13-15,17-18H,3-6,8H2,1-2H3,(H2-,26,27,28,31)/q+1/p+1/t10-,11?,13?,14?,15?,17?,18?/m0/s1. The highest BCUT2D eigenvalue weighted by Gasteiger charge is 2.59. The molecule has 7 atom stereocenters. The molecule has 9 nitrogen and oxygen atoms in total. The normalized spacial score (nSPS) is 33.7. The molecular weight excluding hydrogens is 448 g/mol. The van der Waals surface area contributed by atoms with Crippen molar-refractivity contribution in [3.8, 4) is 6.07 Å². The number of hydrogen-bond donors (Lipinski definition) is 2. The predicted molar refractivity (Wildman–Crippen MR) is 108 cm³/mol. The van der Waals surface area contributed by atoms with Gasteiger partial charge in [-0.05, 0) is 20.3 Å². The molecule has 0 saturated carbocycles. The molecule has 6 unspecified atom stereocenters. The van der Waals surface area contributed by atoms with Crippen LogP contribution in [0.25, 0.3) is 0 Å². The van der Waals surface area contributed by atoms with E-state index in [1.807, 2.05) is 6.07 Å². The SMILES string of the molecule is CC1=C(CC(=O)N[C@@H](C)C2C(F)CC(C#N)C[N+]2=O)C(N)=NC2CCC(C(F)(F)F)[N+](=O)C12. The van der Waals surface area contributed by atoms with Gasteiger partial charge in [0, 0.05) is 43.3 Å². The molecule has 0 aromatic heterocycles. The van der Waals surface area contributed by atoms with Crippen LogP contribution >= 0.6 is 0 Å². The van der Waals surface area contributed by atoms with Crippen LogP contribution in [0.15, 0.2) is 16.1 Å². The topological polar surface area (TPSA) is 131 Å². The number of rotatable bonds is 4. The first-order valence-electron chi connectivity index (χ1n) is 10.7. The predicted octanol–water partition coefficient (Wildman–Crippen LogP) is 1.84. The Morgan fingerprint density at radius 3 is 2.61 bits per heavy atom. The number of dihydropyridines is 1. The van der Waals surface area contributed by atoms with Gasteiger partial charge in [0.15, 0.2) is 6.17 Å². The van der Waals surface area contributed by atoms with Gasteiger partial charge in [0.2, 0.25) is 18.5 Å². The lowest BCUT2D eigenvalue weighted by atomic mass is 9.84. The van der Waals surface area contributed by atoms with Crippen LogP contribution in [0.3, 0.4) is 0 Å². The fraction of sp³-hybridized carbons (Fsp3) is 0.750. The number of nitrogens with one attached hydrogen (secondary N) is 1. The molecule has 180 valence electrons. The second kappa shape index (κ2) is 9.15. The van der Waals surface area contributed by atoms with E-state index in [-0.39, 0.29) is 47.5 Å². The highest BCUT2D eigenvalue weighted by Crippen LogP contribution is 2.37. The van der Waals surface area contributed by atoms with E-state index in [4.69, 9.17) is 11.0 Å². The summed E-state index contributed by atoms with van der Waals surface area (Å²) in [7, 11) is 0. The summed E-state index contributed by atoms with van der Waals surface area (Å²) < 4.78 is 54.6. The van der Waals surface area contributed by atoms with E-state index in [1.54, 1.807) is 0 Å². The average molecular weight is 474 g/mol. The van der Waals surface area contributed by atoms with Crippen LogP contribution < -0.4 is 11.1 Å². The Morgan fingerprint density at radius 2 is 2.03 bits per heavy atom. The van der Waals surface area contributed by atoms with Gasteiger partial charge in [-0.1, -0.05) is 0 Å². The van der Waals surface area contributed by atoms with E-state index in [9.17, 15) is 32.2 Å². The summed E-state index contributed by atoms with van der Waals surface area (Å²) in [4.78, 5) is 41.5. The number of nitroso groups, excluding NO2 is 2. The third kappa shape index (κ3) is 4.89. The van der Waals surface area contributed by atoms with Crippen molar-refractivity contribution in [1.29, 1.82) is 5.26 Å². The maximum absolute atomic E-state index is 14.5. The average Bonchev–Trinajstić information content (AvgIpc) is 2.69. The van der Waals surface area contributed by atoms with Crippen molar-refractivity contribution in [3.05, 3.63) is 21.0 Å². The number of fused-ring (bicyclic) bond motifs is 1. The fourth-order valence-corrected chi connectivity index (χ4v) is 4.98. The number of piperidine rings is 2. The Balaban J connectivity index is 1.73. The molecule has 3 aliphatic rings. The van der Waals surface area contributed by atoms with Gasteiger partial charge in [0.25, 0.3) is 12.1 Å². The molecule has 0 aromatic rings. The first-order valence-corrected chi connectivity index (χ1v) is 10.7. The van der Waals surface area contributed by atoms with E-state index in [2.05, 4.69) is 10.3 Å². The number of carbonyl (C=O) groups excluding carboxylic acids is 1. The molecule has 3 N–H and O–H groups in total. The maximum atomic E-state index is 14.5. The quantitative estimate of drug-likeness (QED) is 0.474. The third-order valence-electron chi connectivity index (χ3n) is 6.63. The number of halogens is 4. The number of nitriles is 1. The molecule has 0 spiro atoms. The van der Waals surface area contributed by atoms with Crippen LogP contribution in [0.2, 0.25) is 0 Å². The zero-order chi connectivity index (χ0) is 24.7. The van der Waals surface area contributed by atoms with Gasteiger partial charge in [0.1, 0.15) is 17.8 Å². The van der Waals surface area contributed by atoms with Crippen LogP contribution in [-0.2, 0) is 4.79 Å².